The van der Waals surface area contributed by atoms with Crippen molar-refractivity contribution in [2.45, 2.75) is 52.8 Å². The van der Waals surface area contributed by atoms with Crippen molar-refractivity contribution in [2.75, 3.05) is 6.54 Å². The SMILES string of the molecule is CCCC(=O)/C(=C/Cc1ccc(OC(F)(F)F)cc1)N(N)CCC(C)C. The lowest BCUT2D eigenvalue weighted by Gasteiger charge is -2.22. The van der Waals surface area contributed by atoms with E-state index in [2.05, 4.69) is 18.6 Å². The Labute approximate surface area is 152 Å². The minimum atomic E-state index is -4.71. The van der Waals surface area contributed by atoms with Gasteiger partial charge >= 0.3 is 6.36 Å². The zero-order valence-electron chi connectivity index (χ0n) is 15.5. The van der Waals surface area contributed by atoms with Crippen molar-refractivity contribution < 1.29 is 22.7 Å². The quantitative estimate of drug-likeness (QED) is 0.370. The van der Waals surface area contributed by atoms with E-state index in [-0.39, 0.29) is 11.5 Å². The van der Waals surface area contributed by atoms with Gasteiger partial charge in [0.1, 0.15) is 5.75 Å². The van der Waals surface area contributed by atoms with Gasteiger partial charge < -0.3 is 9.75 Å². The molecular weight excluding hydrogens is 345 g/mol. The summed E-state index contributed by atoms with van der Waals surface area (Å²) < 4.78 is 40.4. The van der Waals surface area contributed by atoms with E-state index in [4.69, 9.17) is 5.84 Å². The number of hydrazine groups is 1. The van der Waals surface area contributed by atoms with Gasteiger partial charge in [0, 0.05) is 13.0 Å². The standard InChI is InChI=1S/C19H27F3N2O2/c1-4-5-18(25)17(24(23)13-12-14(2)3)11-8-15-6-9-16(10-7-15)26-19(20,21)22/h6-7,9-11,14H,4-5,8,12-13,23H2,1-3H3/b17-11-. The molecule has 0 atom stereocenters. The molecule has 0 fully saturated rings. The first-order chi connectivity index (χ1) is 12.1. The number of halogens is 3. The third-order valence-electron chi connectivity index (χ3n) is 3.71. The van der Waals surface area contributed by atoms with E-state index < -0.39 is 6.36 Å². The van der Waals surface area contributed by atoms with Crippen LogP contribution in [0.2, 0.25) is 0 Å². The summed E-state index contributed by atoms with van der Waals surface area (Å²) >= 11 is 0. The lowest BCUT2D eigenvalue weighted by Crippen LogP contribution is -2.35. The van der Waals surface area contributed by atoms with Crippen LogP contribution in [-0.4, -0.2) is 23.7 Å². The fourth-order valence-corrected chi connectivity index (χ4v) is 2.31. The van der Waals surface area contributed by atoms with Gasteiger partial charge in [0.25, 0.3) is 0 Å². The van der Waals surface area contributed by atoms with Crippen LogP contribution >= 0.6 is 0 Å². The van der Waals surface area contributed by atoms with Crippen molar-refractivity contribution >= 4 is 5.78 Å². The molecule has 2 N–H and O–H groups in total. The summed E-state index contributed by atoms with van der Waals surface area (Å²) in [4.78, 5) is 12.3. The first-order valence-corrected chi connectivity index (χ1v) is 8.72. The Morgan fingerprint density at radius 3 is 2.38 bits per heavy atom. The van der Waals surface area contributed by atoms with Crippen molar-refractivity contribution in [3.63, 3.8) is 0 Å². The summed E-state index contributed by atoms with van der Waals surface area (Å²) in [7, 11) is 0. The van der Waals surface area contributed by atoms with Crippen molar-refractivity contribution in [1.29, 1.82) is 0 Å². The Morgan fingerprint density at radius 1 is 1.27 bits per heavy atom. The van der Waals surface area contributed by atoms with Gasteiger partial charge in [0.2, 0.25) is 0 Å². The molecule has 1 aromatic rings. The van der Waals surface area contributed by atoms with Crippen molar-refractivity contribution in [1.82, 2.24) is 5.01 Å². The third kappa shape index (κ3) is 8.38. The Bertz CT molecular complexity index is 596. The molecular formula is C19H27F3N2O2. The van der Waals surface area contributed by atoms with Gasteiger partial charge in [-0.3, -0.25) is 4.79 Å². The maximum atomic E-state index is 12.3. The highest BCUT2D eigenvalue weighted by atomic mass is 19.4. The van der Waals surface area contributed by atoms with Gasteiger partial charge in [-0.1, -0.05) is 39.0 Å². The van der Waals surface area contributed by atoms with Crippen LogP contribution in [0.1, 0.15) is 45.6 Å². The zero-order chi connectivity index (χ0) is 19.7. The molecule has 0 aromatic heterocycles. The number of benzene rings is 1. The molecule has 26 heavy (non-hydrogen) atoms. The van der Waals surface area contributed by atoms with E-state index in [1.54, 1.807) is 6.08 Å². The molecule has 1 aromatic carbocycles. The molecule has 7 heteroatoms. The van der Waals surface area contributed by atoms with Crippen LogP contribution in [0.15, 0.2) is 36.0 Å². The Balaban J connectivity index is 2.83. The van der Waals surface area contributed by atoms with Crippen molar-refractivity contribution in [3.8, 4) is 5.75 Å². The summed E-state index contributed by atoms with van der Waals surface area (Å²) in [6.45, 7) is 6.65. The van der Waals surface area contributed by atoms with Crippen molar-refractivity contribution in [3.05, 3.63) is 41.6 Å². The number of allylic oxidation sites excluding steroid dienone is 2. The molecule has 1 rings (SSSR count). The number of nitrogens with zero attached hydrogens (tertiary/aromatic N) is 1. The van der Waals surface area contributed by atoms with E-state index >= 15 is 0 Å². The lowest BCUT2D eigenvalue weighted by molar-refractivity contribution is -0.274. The lowest BCUT2D eigenvalue weighted by atomic mass is 10.1. The monoisotopic (exact) mass is 372 g/mol. The predicted octanol–water partition coefficient (Wildman–Crippen LogP) is 4.60. The molecule has 146 valence electrons. The molecule has 0 unspecified atom stereocenters. The summed E-state index contributed by atoms with van der Waals surface area (Å²) in [6, 6.07) is 5.58. The maximum absolute atomic E-state index is 12.3. The Hall–Kier alpha value is -2.02. The summed E-state index contributed by atoms with van der Waals surface area (Å²) in [5, 5.41) is 1.47. The molecule has 4 nitrogen and oxygen atoms in total. The van der Waals surface area contributed by atoms with Crippen LogP contribution in [0.4, 0.5) is 13.2 Å². The highest BCUT2D eigenvalue weighted by molar-refractivity contribution is 5.94. The number of Topliss-reactive ketones (excluding diaryl/α,β-unsaturated/α-hetero) is 1. The summed E-state index contributed by atoms with van der Waals surface area (Å²) in [5.41, 5.74) is 1.21. The average molecular weight is 372 g/mol. The third-order valence-corrected chi connectivity index (χ3v) is 3.71. The number of nitrogens with two attached hydrogens (primary N) is 1. The molecule has 0 spiro atoms. The normalized spacial score (nSPS) is 12.4. The molecule has 0 aliphatic carbocycles. The second kappa shape index (κ2) is 10.2. The largest absolute Gasteiger partial charge is 0.573 e. The van der Waals surface area contributed by atoms with Gasteiger partial charge in [0.15, 0.2) is 5.78 Å². The number of ether oxygens (including phenoxy) is 1. The van der Waals surface area contributed by atoms with Crippen LogP contribution in [0.3, 0.4) is 0 Å². The van der Waals surface area contributed by atoms with Crippen LogP contribution in [0, 0.1) is 5.92 Å². The number of carbonyl (C=O) groups excluding carboxylic acids is 1. The summed E-state index contributed by atoms with van der Waals surface area (Å²) in [5.74, 6) is 6.21. The molecule has 0 heterocycles. The van der Waals surface area contributed by atoms with E-state index in [0.29, 0.717) is 31.0 Å². The fraction of sp³-hybridized carbons (Fsp3) is 0.526. The van der Waals surface area contributed by atoms with E-state index in [0.717, 1.165) is 18.4 Å². The van der Waals surface area contributed by atoms with Gasteiger partial charge in [-0.2, -0.15) is 0 Å². The first kappa shape index (κ1) is 22.0. The number of ketones is 1. The first-order valence-electron chi connectivity index (χ1n) is 8.72. The highest BCUT2D eigenvalue weighted by Crippen LogP contribution is 2.23. The molecule has 0 radical (unpaired) electrons. The summed E-state index contributed by atoms with van der Waals surface area (Å²) in [6.07, 6.45) is -0.601. The number of alkyl halides is 3. The van der Waals surface area contributed by atoms with Crippen molar-refractivity contribution in [2.24, 2.45) is 11.8 Å². The maximum Gasteiger partial charge on any atom is 0.573 e. The molecule has 0 saturated heterocycles. The number of hydrogen-bond acceptors (Lipinski definition) is 4. The van der Waals surface area contributed by atoms with Crippen LogP contribution in [0.5, 0.6) is 5.75 Å². The zero-order valence-corrected chi connectivity index (χ0v) is 15.5. The van der Waals surface area contributed by atoms with Crippen LogP contribution in [0.25, 0.3) is 0 Å². The number of hydrogen-bond donors (Lipinski definition) is 1. The topological polar surface area (TPSA) is 55.6 Å². The minimum Gasteiger partial charge on any atom is -0.406 e. The molecule has 0 amide bonds. The minimum absolute atomic E-state index is 0.0317. The van der Waals surface area contributed by atoms with E-state index in [1.807, 2.05) is 6.92 Å². The number of rotatable bonds is 10. The Kier molecular flexibility index (Phi) is 8.65. The molecule has 0 bridgehead atoms. The molecule has 0 aliphatic heterocycles. The second-order valence-electron chi connectivity index (χ2n) is 6.53. The van der Waals surface area contributed by atoms with E-state index in [1.165, 1.54) is 29.3 Å². The van der Waals surface area contributed by atoms with Gasteiger partial charge in [0.05, 0.1) is 5.70 Å². The smallest absolute Gasteiger partial charge is 0.406 e. The predicted molar refractivity (Wildman–Crippen MR) is 95.2 cm³/mol. The number of carbonyl (C=O) groups is 1. The highest BCUT2D eigenvalue weighted by Gasteiger charge is 2.30. The second-order valence-corrected chi connectivity index (χ2v) is 6.53. The van der Waals surface area contributed by atoms with E-state index in [9.17, 15) is 18.0 Å². The molecule has 0 saturated carbocycles. The fourth-order valence-electron chi connectivity index (χ4n) is 2.31. The van der Waals surface area contributed by atoms with Gasteiger partial charge in [-0.05, 0) is 42.9 Å². The molecule has 0 aliphatic rings. The van der Waals surface area contributed by atoms with Crippen LogP contribution < -0.4 is 10.6 Å². The van der Waals surface area contributed by atoms with Crippen LogP contribution in [-0.2, 0) is 11.2 Å². The van der Waals surface area contributed by atoms with Gasteiger partial charge in [-0.25, -0.2) is 5.84 Å². The van der Waals surface area contributed by atoms with Gasteiger partial charge in [-0.15, -0.1) is 13.2 Å². The Morgan fingerprint density at radius 2 is 1.88 bits per heavy atom. The average Bonchev–Trinajstić information content (AvgIpc) is 2.53.